The molecule has 2 N–H and O–H groups in total. The Kier molecular flexibility index (Phi) is 3.53. The molecular formula is C14H24N4S. The summed E-state index contributed by atoms with van der Waals surface area (Å²) in [6.07, 6.45) is 3.41. The molecule has 0 aromatic carbocycles. The van der Waals surface area contributed by atoms with Crippen molar-refractivity contribution in [2.45, 2.75) is 51.2 Å². The van der Waals surface area contributed by atoms with Crippen molar-refractivity contribution in [3.8, 4) is 0 Å². The van der Waals surface area contributed by atoms with Gasteiger partial charge in [0.05, 0.1) is 5.69 Å². The van der Waals surface area contributed by atoms with Gasteiger partial charge in [-0.25, -0.2) is 4.98 Å². The maximum absolute atomic E-state index is 6.21. The van der Waals surface area contributed by atoms with Crippen LogP contribution in [-0.4, -0.2) is 42.1 Å². The Labute approximate surface area is 119 Å². The van der Waals surface area contributed by atoms with Crippen LogP contribution in [0, 0.1) is 0 Å². The van der Waals surface area contributed by atoms with Gasteiger partial charge in [0.2, 0.25) is 0 Å². The van der Waals surface area contributed by atoms with Gasteiger partial charge in [-0.05, 0) is 40.2 Å². The smallest absolute Gasteiger partial charge is 0.185 e. The quantitative estimate of drug-likeness (QED) is 0.855. The van der Waals surface area contributed by atoms with Crippen LogP contribution in [0.1, 0.15) is 43.3 Å². The van der Waals surface area contributed by atoms with E-state index >= 15 is 0 Å². The van der Waals surface area contributed by atoms with E-state index in [0.717, 1.165) is 25.9 Å². The molecule has 3 unspecified atom stereocenters. The fraction of sp³-hybridized carbons (Fsp3) is 0.786. The van der Waals surface area contributed by atoms with Crippen molar-refractivity contribution in [3.63, 3.8) is 0 Å². The number of nitrogens with two attached hydrogens (primary N) is 1. The lowest BCUT2D eigenvalue weighted by Gasteiger charge is -2.42. The summed E-state index contributed by atoms with van der Waals surface area (Å²) in [6.45, 7) is 6.73. The van der Waals surface area contributed by atoms with Gasteiger partial charge in [0.1, 0.15) is 0 Å². The lowest BCUT2D eigenvalue weighted by atomic mass is 9.99. The van der Waals surface area contributed by atoms with Crippen LogP contribution in [0.15, 0.2) is 0 Å². The molecule has 1 aromatic heterocycles. The molecule has 19 heavy (non-hydrogen) atoms. The van der Waals surface area contributed by atoms with E-state index < -0.39 is 0 Å². The highest BCUT2D eigenvalue weighted by molar-refractivity contribution is 7.15. The second-order valence-electron chi connectivity index (χ2n) is 6.07. The van der Waals surface area contributed by atoms with Crippen molar-refractivity contribution in [2.75, 3.05) is 25.0 Å². The fourth-order valence-electron chi connectivity index (χ4n) is 3.14. The first-order chi connectivity index (χ1) is 9.06. The van der Waals surface area contributed by atoms with E-state index in [-0.39, 0.29) is 6.04 Å². The Bertz CT molecular complexity index is 446. The maximum atomic E-state index is 6.21. The summed E-state index contributed by atoms with van der Waals surface area (Å²) >= 11 is 1.83. The van der Waals surface area contributed by atoms with E-state index in [1.54, 1.807) is 0 Å². The molecule has 0 bridgehead atoms. The van der Waals surface area contributed by atoms with Crippen LogP contribution >= 0.6 is 11.3 Å². The van der Waals surface area contributed by atoms with Crippen LogP contribution in [0.5, 0.6) is 0 Å². The van der Waals surface area contributed by atoms with Gasteiger partial charge in [-0.15, -0.1) is 0 Å². The second-order valence-corrected chi connectivity index (χ2v) is 7.08. The topological polar surface area (TPSA) is 45.4 Å². The zero-order valence-corrected chi connectivity index (χ0v) is 12.9. The van der Waals surface area contributed by atoms with Crippen molar-refractivity contribution < 1.29 is 0 Å². The van der Waals surface area contributed by atoms with Crippen LogP contribution < -0.4 is 10.6 Å². The number of aromatic nitrogens is 1. The average molecular weight is 280 g/mol. The number of nitrogens with zero attached hydrogens (tertiary/aromatic N) is 3. The Morgan fingerprint density at radius 1 is 1.26 bits per heavy atom. The van der Waals surface area contributed by atoms with Gasteiger partial charge in [-0.3, -0.25) is 4.90 Å². The minimum atomic E-state index is 0.220. The van der Waals surface area contributed by atoms with Gasteiger partial charge in [-0.1, -0.05) is 11.3 Å². The van der Waals surface area contributed by atoms with Gasteiger partial charge >= 0.3 is 0 Å². The molecule has 0 amide bonds. The van der Waals surface area contributed by atoms with E-state index in [0.29, 0.717) is 12.1 Å². The molecule has 1 aromatic rings. The minimum Gasteiger partial charge on any atom is -0.345 e. The first kappa shape index (κ1) is 13.3. The first-order valence-corrected chi connectivity index (χ1v) is 8.10. The summed E-state index contributed by atoms with van der Waals surface area (Å²) in [7, 11) is 2.22. The molecule has 3 atom stereocenters. The van der Waals surface area contributed by atoms with E-state index in [2.05, 4.69) is 30.7 Å². The number of piperazine rings is 1. The summed E-state index contributed by atoms with van der Waals surface area (Å²) in [5.41, 5.74) is 7.47. The Morgan fingerprint density at radius 3 is 2.58 bits per heavy atom. The molecule has 0 spiro atoms. The molecule has 0 saturated carbocycles. The zero-order valence-electron chi connectivity index (χ0n) is 12.1. The number of thiazole rings is 1. The van der Waals surface area contributed by atoms with Crippen LogP contribution in [0.25, 0.3) is 0 Å². The largest absolute Gasteiger partial charge is 0.345 e. The van der Waals surface area contributed by atoms with Crippen molar-refractivity contribution in [2.24, 2.45) is 5.73 Å². The van der Waals surface area contributed by atoms with Gasteiger partial charge in [0.15, 0.2) is 5.13 Å². The Hall–Kier alpha value is -0.650. The fourth-order valence-corrected chi connectivity index (χ4v) is 4.30. The van der Waals surface area contributed by atoms with Crippen LogP contribution in [0.2, 0.25) is 0 Å². The molecular weight excluding hydrogens is 256 g/mol. The van der Waals surface area contributed by atoms with E-state index in [1.807, 2.05) is 11.3 Å². The van der Waals surface area contributed by atoms with Crippen LogP contribution in [0.4, 0.5) is 5.13 Å². The summed E-state index contributed by atoms with van der Waals surface area (Å²) in [5.74, 6) is 0. The predicted molar refractivity (Wildman–Crippen MR) is 80.9 cm³/mol. The molecule has 1 saturated heterocycles. The molecule has 106 valence electrons. The summed E-state index contributed by atoms with van der Waals surface area (Å²) in [5, 5.41) is 1.19. The van der Waals surface area contributed by atoms with Crippen molar-refractivity contribution in [1.82, 2.24) is 9.88 Å². The molecule has 2 aliphatic rings. The number of likely N-dealkylation sites (N-methyl/N-ethyl adjacent to an activating group) is 1. The third kappa shape index (κ3) is 2.39. The molecule has 1 aliphatic heterocycles. The van der Waals surface area contributed by atoms with Gasteiger partial charge in [0.25, 0.3) is 0 Å². The lowest BCUT2D eigenvalue weighted by Crippen LogP contribution is -2.55. The average Bonchev–Trinajstić information content (AvgIpc) is 2.81. The molecule has 1 fully saturated rings. The monoisotopic (exact) mass is 280 g/mol. The number of rotatable bonds is 1. The minimum absolute atomic E-state index is 0.220. The second kappa shape index (κ2) is 5.04. The number of hydrogen-bond acceptors (Lipinski definition) is 5. The highest BCUT2D eigenvalue weighted by atomic mass is 32.1. The molecule has 4 nitrogen and oxygen atoms in total. The normalized spacial score (nSPS) is 32.4. The van der Waals surface area contributed by atoms with Gasteiger partial charge in [0, 0.05) is 36.1 Å². The first-order valence-electron chi connectivity index (χ1n) is 7.28. The van der Waals surface area contributed by atoms with Gasteiger partial charge in [-0.2, -0.15) is 0 Å². The highest BCUT2D eigenvalue weighted by Gasteiger charge is 2.30. The number of aryl methyl sites for hydroxylation is 1. The predicted octanol–water partition coefficient (Wildman–Crippen LogP) is 2.01. The van der Waals surface area contributed by atoms with Crippen LogP contribution in [-0.2, 0) is 6.42 Å². The SMILES string of the molecule is CC1CN(c2nc3c(s2)C(N)CCC3)CC(C)N1C. The summed E-state index contributed by atoms with van der Waals surface area (Å²) in [6, 6.07) is 1.38. The number of anilines is 1. The van der Waals surface area contributed by atoms with Crippen molar-refractivity contribution in [3.05, 3.63) is 10.6 Å². The lowest BCUT2D eigenvalue weighted by molar-refractivity contribution is 0.170. The van der Waals surface area contributed by atoms with E-state index in [1.165, 1.54) is 22.1 Å². The zero-order chi connectivity index (χ0) is 13.6. The van der Waals surface area contributed by atoms with Gasteiger partial charge < -0.3 is 10.6 Å². The van der Waals surface area contributed by atoms with Crippen molar-refractivity contribution in [1.29, 1.82) is 0 Å². The molecule has 5 heteroatoms. The van der Waals surface area contributed by atoms with E-state index in [9.17, 15) is 0 Å². The standard InChI is InChI=1S/C14H24N4S/c1-9-7-18(8-10(2)17(9)3)14-16-12-6-4-5-11(15)13(12)19-14/h9-11H,4-8,15H2,1-3H3. The summed E-state index contributed by atoms with van der Waals surface area (Å²) in [4.78, 5) is 11.1. The Morgan fingerprint density at radius 2 is 1.95 bits per heavy atom. The third-order valence-corrected chi connectivity index (χ3v) is 5.90. The number of hydrogen-bond donors (Lipinski definition) is 1. The highest BCUT2D eigenvalue weighted by Crippen LogP contribution is 2.37. The van der Waals surface area contributed by atoms with E-state index in [4.69, 9.17) is 10.7 Å². The number of fused-ring (bicyclic) bond motifs is 1. The molecule has 2 heterocycles. The third-order valence-electron chi connectivity index (χ3n) is 4.61. The van der Waals surface area contributed by atoms with Crippen LogP contribution in [0.3, 0.4) is 0 Å². The summed E-state index contributed by atoms with van der Waals surface area (Å²) < 4.78 is 0. The molecule has 3 rings (SSSR count). The molecule has 0 radical (unpaired) electrons. The Balaban J connectivity index is 1.83. The molecule has 1 aliphatic carbocycles. The maximum Gasteiger partial charge on any atom is 0.185 e. The van der Waals surface area contributed by atoms with Crippen molar-refractivity contribution >= 4 is 16.5 Å².